The van der Waals surface area contributed by atoms with E-state index in [9.17, 15) is 0 Å². The van der Waals surface area contributed by atoms with Gasteiger partial charge in [0.25, 0.3) is 0 Å². The zero-order valence-electron chi connectivity index (χ0n) is 17.1. The Kier molecular flexibility index (Phi) is 11.5. The molecule has 0 aromatic heterocycles. The summed E-state index contributed by atoms with van der Waals surface area (Å²) in [5.41, 5.74) is 0. The highest BCUT2D eigenvalue weighted by atomic mass is 28.5. The fourth-order valence-corrected chi connectivity index (χ4v) is 15.5. The molecule has 0 saturated heterocycles. The van der Waals surface area contributed by atoms with E-state index >= 15 is 0 Å². The van der Waals surface area contributed by atoms with Crippen LogP contribution in [0, 0.1) is 0 Å². The first-order valence-corrected chi connectivity index (χ1v) is 18.2. The Labute approximate surface area is 149 Å². The molecular weight excluding hydrogens is 336 g/mol. The topological polar surface area (TPSA) is 27.7 Å². The van der Waals surface area contributed by atoms with Gasteiger partial charge < -0.3 is 12.7 Å². The average molecular weight is 379 g/mol. The van der Waals surface area contributed by atoms with Gasteiger partial charge in [-0.05, 0) is 45.3 Å². The molecule has 0 saturated carbocycles. The molecule has 1 atom stereocenters. The zero-order valence-corrected chi connectivity index (χ0v) is 20.1. The first-order chi connectivity index (χ1) is 10.5. The molecule has 0 amide bonds. The van der Waals surface area contributed by atoms with Crippen molar-refractivity contribution in [1.82, 2.24) is 0 Å². The monoisotopic (exact) mass is 378 g/mol. The molecular formula is C17H42O3Si3. The second-order valence-electron chi connectivity index (χ2n) is 8.28. The lowest BCUT2D eigenvalue weighted by molar-refractivity contribution is 0.271. The van der Waals surface area contributed by atoms with Crippen LogP contribution in [0.3, 0.4) is 0 Å². The van der Waals surface area contributed by atoms with Crippen molar-refractivity contribution >= 4 is 25.4 Å². The van der Waals surface area contributed by atoms with Crippen molar-refractivity contribution in [3.8, 4) is 0 Å². The van der Waals surface area contributed by atoms with E-state index in [0.29, 0.717) is 0 Å². The van der Waals surface area contributed by atoms with Crippen molar-refractivity contribution in [3.05, 3.63) is 0 Å². The van der Waals surface area contributed by atoms with E-state index in [4.69, 9.17) is 12.7 Å². The number of rotatable bonds is 14. The van der Waals surface area contributed by atoms with Crippen LogP contribution in [0.1, 0.15) is 58.3 Å². The third-order valence-electron chi connectivity index (χ3n) is 3.93. The van der Waals surface area contributed by atoms with Gasteiger partial charge in [0, 0.05) is 7.11 Å². The van der Waals surface area contributed by atoms with Gasteiger partial charge in [-0.15, -0.1) is 0 Å². The molecule has 0 heterocycles. The van der Waals surface area contributed by atoms with Crippen LogP contribution >= 0.6 is 0 Å². The lowest BCUT2D eigenvalue weighted by atomic mass is 10.1. The van der Waals surface area contributed by atoms with E-state index in [-0.39, 0.29) is 0 Å². The van der Waals surface area contributed by atoms with Crippen molar-refractivity contribution in [1.29, 1.82) is 0 Å². The van der Waals surface area contributed by atoms with Crippen LogP contribution < -0.4 is 0 Å². The smallest absolute Gasteiger partial charge is 0.325 e. The Hall–Kier alpha value is 0.531. The minimum atomic E-state index is -2.09. The molecule has 0 aliphatic rings. The van der Waals surface area contributed by atoms with E-state index in [0.717, 1.165) is 6.04 Å². The Morgan fingerprint density at radius 3 is 1.57 bits per heavy atom. The zero-order chi connectivity index (χ0) is 18.0. The number of hydrogen-bond acceptors (Lipinski definition) is 3. The lowest BCUT2D eigenvalue weighted by Crippen LogP contribution is -2.53. The molecule has 6 heteroatoms. The maximum atomic E-state index is 6.48. The van der Waals surface area contributed by atoms with Crippen LogP contribution in [0.25, 0.3) is 0 Å². The largest absolute Gasteiger partial charge is 0.437 e. The standard InChI is InChI=1S/C17H42O3Si3/c1-9-10-11-12-13-14-15-16-17-23(8,18-2)20-22(6,7)19-21(3,4)5/h9-17H2,1-8H3. The molecule has 0 N–H and O–H groups in total. The summed E-state index contributed by atoms with van der Waals surface area (Å²) < 4.78 is 18.6. The van der Waals surface area contributed by atoms with Gasteiger partial charge in [-0.25, -0.2) is 0 Å². The highest BCUT2D eigenvalue weighted by Crippen LogP contribution is 2.25. The second-order valence-corrected chi connectivity index (χ2v) is 20.1. The normalized spacial score (nSPS) is 15.7. The summed E-state index contributed by atoms with van der Waals surface area (Å²) in [6.07, 6.45) is 10.8. The van der Waals surface area contributed by atoms with Crippen molar-refractivity contribution in [3.63, 3.8) is 0 Å². The van der Waals surface area contributed by atoms with Gasteiger partial charge in [-0.1, -0.05) is 58.3 Å². The molecule has 140 valence electrons. The molecule has 0 aliphatic carbocycles. The van der Waals surface area contributed by atoms with Crippen molar-refractivity contribution in [2.45, 2.75) is 104 Å². The summed E-state index contributed by atoms with van der Waals surface area (Å²) in [5, 5.41) is 0. The first-order valence-electron chi connectivity index (χ1n) is 9.49. The lowest BCUT2D eigenvalue weighted by Gasteiger charge is -2.37. The molecule has 0 fully saturated rings. The fourth-order valence-electron chi connectivity index (χ4n) is 3.05. The first kappa shape index (κ1) is 23.5. The van der Waals surface area contributed by atoms with E-state index in [1.807, 2.05) is 7.11 Å². The summed E-state index contributed by atoms with van der Waals surface area (Å²) in [4.78, 5) is 0. The highest BCUT2D eigenvalue weighted by Gasteiger charge is 2.41. The van der Waals surface area contributed by atoms with Crippen LogP contribution in [0.15, 0.2) is 0 Å². The van der Waals surface area contributed by atoms with Gasteiger partial charge in [-0.3, -0.25) is 0 Å². The highest BCUT2D eigenvalue weighted by molar-refractivity contribution is 6.86. The Morgan fingerprint density at radius 2 is 1.13 bits per heavy atom. The van der Waals surface area contributed by atoms with Crippen molar-refractivity contribution in [2.24, 2.45) is 0 Å². The second kappa shape index (κ2) is 11.2. The van der Waals surface area contributed by atoms with Crippen LogP contribution in [0.4, 0.5) is 0 Å². The summed E-state index contributed by atoms with van der Waals surface area (Å²) in [6, 6.07) is 1.09. The minimum absolute atomic E-state index is 1.09. The maximum Gasteiger partial charge on any atom is 0.325 e. The van der Waals surface area contributed by atoms with Crippen molar-refractivity contribution in [2.75, 3.05) is 7.11 Å². The van der Waals surface area contributed by atoms with Gasteiger partial charge in [0.05, 0.1) is 0 Å². The third-order valence-corrected chi connectivity index (χ3v) is 14.2. The van der Waals surface area contributed by atoms with Crippen LogP contribution in [0.5, 0.6) is 0 Å². The van der Waals surface area contributed by atoms with E-state index in [1.54, 1.807) is 0 Å². The summed E-state index contributed by atoms with van der Waals surface area (Å²) in [6.45, 7) is 15.5. The van der Waals surface area contributed by atoms with Crippen LogP contribution in [-0.2, 0) is 12.7 Å². The summed E-state index contributed by atoms with van der Waals surface area (Å²) in [5.74, 6) is 0. The Balaban J connectivity index is 4.10. The SMILES string of the molecule is CCCCCCCCCC[Si](C)(OC)O[Si](C)(C)O[Si](C)(C)C. The summed E-state index contributed by atoms with van der Waals surface area (Å²) in [7, 11) is -3.91. The average Bonchev–Trinajstić information content (AvgIpc) is 2.38. The van der Waals surface area contributed by atoms with Gasteiger partial charge in [-0.2, -0.15) is 0 Å². The fraction of sp³-hybridized carbons (Fsp3) is 1.00. The van der Waals surface area contributed by atoms with Crippen LogP contribution in [-0.4, -0.2) is 32.5 Å². The molecule has 0 aromatic carbocycles. The van der Waals surface area contributed by atoms with Gasteiger partial charge >= 0.3 is 17.1 Å². The number of hydrogen-bond donors (Lipinski definition) is 0. The minimum Gasteiger partial charge on any atom is -0.437 e. The molecule has 3 nitrogen and oxygen atoms in total. The maximum absolute atomic E-state index is 6.48. The number of unbranched alkanes of at least 4 members (excludes halogenated alkanes) is 7. The third kappa shape index (κ3) is 13.5. The van der Waals surface area contributed by atoms with E-state index < -0.39 is 25.4 Å². The van der Waals surface area contributed by atoms with E-state index in [2.05, 4.69) is 46.2 Å². The van der Waals surface area contributed by atoms with Crippen molar-refractivity contribution < 1.29 is 12.7 Å². The molecule has 0 radical (unpaired) electrons. The van der Waals surface area contributed by atoms with E-state index in [1.165, 1.54) is 51.4 Å². The Morgan fingerprint density at radius 1 is 0.652 bits per heavy atom. The molecule has 0 aromatic rings. The predicted octanol–water partition coefficient (Wildman–Crippen LogP) is 6.42. The summed E-state index contributed by atoms with van der Waals surface area (Å²) >= 11 is 0. The molecule has 0 aliphatic heterocycles. The molecule has 0 spiro atoms. The predicted molar refractivity (Wildman–Crippen MR) is 109 cm³/mol. The molecule has 23 heavy (non-hydrogen) atoms. The van der Waals surface area contributed by atoms with Gasteiger partial charge in [0.2, 0.25) is 0 Å². The van der Waals surface area contributed by atoms with Crippen LogP contribution in [0.2, 0.25) is 45.3 Å². The Bertz CT molecular complexity index is 306. The van der Waals surface area contributed by atoms with Gasteiger partial charge in [0.15, 0.2) is 8.32 Å². The molecule has 1 unspecified atom stereocenters. The quantitative estimate of drug-likeness (QED) is 0.258. The van der Waals surface area contributed by atoms with Gasteiger partial charge in [0.1, 0.15) is 0 Å². The molecule has 0 bridgehead atoms. The molecule has 0 rings (SSSR count).